The molecule has 0 bridgehead atoms. The summed E-state index contributed by atoms with van der Waals surface area (Å²) in [6.45, 7) is 9.73. The van der Waals surface area contributed by atoms with Crippen LogP contribution in [0.3, 0.4) is 0 Å². The highest BCUT2D eigenvalue weighted by Gasteiger charge is 2.09. The van der Waals surface area contributed by atoms with Crippen molar-refractivity contribution in [1.82, 2.24) is 0 Å². The monoisotopic (exact) mass is 507 g/mol. The summed E-state index contributed by atoms with van der Waals surface area (Å²) in [6, 6.07) is 22.2. The Bertz CT molecular complexity index is 1150. The third-order valence-electron chi connectivity index (χ3n) is 4.55. The number of allylic oxidation sites excluding steroid dienone is 4. The van der Waals surface area contributed by atoms with Crippen LogP contribution in [0.2, 0.25) is 5.02 Å². The van der Waals surface area contributed by atoms with E-state index in [1.165, 1.54) is 13.0 Å². The summed E-state index contributed by atoms with van der Waals surface area (Å²) in [5.41, 5.74) is 3.44. The first kappa shape index (κ1) is 30.2. The molecule has 3 aromatic carbocycles. The van der Waals surface area contributed by atoms with Crippen molar-refractivity contribution in [3.8, 4) is 5.75 Å². The van der Waals surface area contributed by atoms with Gasteiger partial charge in [0.05, 0.1) is 5.56 Å². The van der Waals surface area contributed by atoms with E-state index in [1.54, 1.807) is 12.1 Å². The third kappa shape index (κ3) is 11.1. The molecule has 0 spiro atoms. The normalized spacial score (nSPS) is 10.4. The number of rotatable bonds is 7. The van der Waals surface area contributed by atoms with Gasteiger partial charge in [0.25, 0.3) is 0 Å². The Morgan fingerprint density at radius 1 is 0.944 bits per heavy atom. The van der Waals surface area contributed by atoms with Gasteiger partial charge in [0.2, 0.25) is 5.91 Å². The molecule has 190 valence electrons. The van der Waals surface area contributed by atoms with Gasteiger partial charge in [0, 0.05) is 17.6 Å². The molecule has 0 heterocycles. The zero-order chi connectivity index (χ0) is 26.9. The van der Waals surface area contributed by atoms with Crippen molar-refractivity contribution in [2.75, 3.05) is 5.32 Å². The van der Waals surface area contributed by atoms with Crippen molar-refractivity contribution >= 4 is 34.7 Å². The smallest absolute Gasteiger partial charge is 0.335 e. The zero-order valence-electron chi connectivity index (χ0n) is 21.4. The summed E-state index contributed by atoms with van der Waals surface area (Å²) in [5, 5.41) is 12.4. The second-order valence-electron chi connectivity index (χ2n) is 7.26. The predicted octanol–water partition coefficient (Wildman–Crippen LogP) is 8.27. The number of halogens is 1. The molecule has 0 aliphatic heterocycles. The van der Waals surface area contributed by atoms with Gasteiger partial charge in [-0.1, -0.05) is 74.0 Å². The van der Waals surface area contributed by atoms with E-state index in [2.05, 4.69) is 5.32 Å². The molecule has 0 fully saturated rings. The molecule has 6 heteroatoms. The second-order valence-corrected chi connectivity index (χ2v) is 7.69. The van der Waals surface area contributed by atoms with E-state index in [0.29, 0.717) is 12.3 Å². The highest BCUT2D eigenvalue weighted by molar-refractivity contribution is 6.30. The van der Waals surface area contributed by atoms with E-state index < -0.39 is 5.97 Å². The molecule has 3 rings (SSSR count). The number of carboxylic acids is 1. The summed E-state index contributed by atoms with van der Waals surface area (Å²) in [7, 11) is 0. The Morgan fingerprint density at radius 3 is 2.08 bits per heavy atom. The first-order chi connectivity index (χ1) is 17.3. The third-order valence-corrected chi connectivity index (χ3v) is 4.80. The van der Waals surface area contributed by atoms with E-state index in [9.17, 15) is 9.59 Å². The molecular weight excluding hydrogens is 474 g/mol. The number of benzene rings is 3. The molecule has 0 saturated heterocycles. The maximum absolute atomic E-state index is 11.1. The van der Waals surface area contributed by atoms with Gasteiger partial charge in [-0.05, 0) is 73.0 Å². The van der Waals surface area contributed by atoms with Gasteiger partial charge >= 0.3 is 5.97 Å². The van der Waals surface area contributed by atoms with Crippen LogP contribution < -0.4 is 10.1 Å². The largest absolute Gasteiger partial charge is 0.489 e. The quantitative estimate of drug-likeness (QED) is 0.315. The number of hydrogen-bond acceptors (Lipinski definition) is 3. The maximum Gasteiger partial charge on any atom is 0.335 e. The number of carbonyl (C=O) groups is 2. The minimum Gasteiger partial charge on any atom is -0.489 e. The molecular formula is C30H34ClNO4. The molecule has 1 amide bonds. The number of carboxylic acid groups (broad SMARTS) is 1. The lowest BCUT2D eigenvalue weighted by Gasteiger charge is -2.09. The van der Waals surface area contributed by atoms with E-state index in [4.69, 9.17) is 21.4 Å². The number of aromatic carboxylic acids is 1. The standard InChI is InChI=1S/C15H17NO3.C13H11ClO.C2H6/c1-4-6-11(5-2)12-7-13(15(18)19)9-14(8-12)16-10(3)17;14-12-6-8-13(9-7-12)15-10-11-4-2-1-3-5-11;1-2/h4-9H,1-3H3,(H,16,17)(H,18,19);1-9H,10H2;1-2H3/b6-4-,11-5+;;. The Hall–Kier alpha value is -3.83. The van der Waals surface area contributed by atoms with Gasteiger partial charge in [-0.15, -0.1) is 0 Å². The van der Waals surface area contributed by atoms with Crippen LogP contribution in [0.15, 0.2) is 91.0 Å². The lowest BCUT2D eigenvalue weighted by molar-refractivity contribution is -0.114. The van der Waals surface area contributed by atoms with Crippen LogP contribution in [0.1, 0.15) is 56.1 Å². The van der Waals surface area contributed by atoms with Crippen molar-refractivity contribution in [2.45, 2.75) is 41.2 Å². The van der Waals surface area contributed by atoms with Gasteiger partial charge in [-0.25, -0.2) is 4.79 Å². The SMILES string of the molecule is C/C=C\C(=C/C)c1cc(NC(C)=O)cc(C(=O)O)c1.CC.Clc1ccc(OCc2ccccc2)cc1. The molecule has 0 unspecified atom stereocenters. The first-order valence-corrected chi connectivity index (χ1v) is 12.1. The van der Waals surface area contributed by atoms with Crippen LogP contribution >= 0.6 is 11.6 Å². The second kappa shape index (κ2) is 16.7. The van der Waals surface area contributed by atoms with Crippen molar-refractivity contribution < 1.29 is 19.4 Å². The molecule has 0 aliphatic carbocycles. The summed E-state index contributed by atoms with van der Waals surface area (Å²) < 4.78 is 5.59. The molecule has 0 saturated carbocycles. The average Bonchev–Trinajstić information content (AvgIpc) is 2.88. The van der Waals surface area contributed by atoms with Crippen LogP contribution in [-0.2, 0) is 11.4 Å². The van der Waals surface area contributed by atoms with Crippen LogP contribution in [0.25, 0.3) is 5.57 Å². The highest BCUT2D eigenvalue weighted by Crippen LogP contribution is 2.23. The minimum atomic E-state index is -1.02. The number of amides is 1. The molecule has 0 aliphatic rings. The Kier molecular flexibility index (Phi) is 14.0. The topological polar surface area (TPSA) is 75.6 Å². The van der Waals surface area contributed by atoms with Gasteiger partial charge in [-0.3, -0.25) is 4.79 Å². The van der Waals surface area contributed by atoms with Crippen LogP contribution in [0.5, 0.6) is 5.75 Å². The average molecular weight is 508 g/mol. The summed E-state index contributed by atoms with van der Waals surface area (Å²) in [6.07, 6.45) is 5.65. The van der Waals surface area contributed by atoms with Crippen molar-refractivity contribution in [3.63, 3.8) is 0 Å². The zero-order valence-corrected chi connectivity index (χ0v) is 22.2. The van der Waals surface area contributed by atoms with Gasteiger partial charge in [0.1, 0.15) is 12.4 Å². The van der Waals surface area contributed by atoms with Crippen molar-refractivity contribution in [2.24, 2.45) is 0 Å². The Morgan fingerprint density at radius 2 is 1.56 bits per heavy atom. The number of hydrogen-bond donors (Lipinski definition) is 2. The minimum absolute atomic E-state index is 0.144. The molecule has 5 nitrogen and oxygen atoms in total. The molecule has 0 atom stereocenters. The fourth-order valence-corrected chi connectivity index (χ4v) is 3.13. The summed E-state index contributed by atoms with van der Waals surface area (Å²) in [4.78, 5) is 22.2. The molecule has 0 radical (unpaired) electrons. The van der Waals surface area contributed by atoms with Gasteiger partial charge in [-0.2, -0.15) is 0 Å². The number of nitrogens with one attached hydrogen (secondary N) is 1. The van der Waals surface area contributed by atoms with E-state index >= 15 is 0 Å². The van der Waals surface area contributed by atoms with Crippen LogP contribution in [0.4, 0.5) is 5.69 Å². The van der Waals surface area contributed by atoms with Crippen molar-refractivity contribution in [1.29, 1.82) is 0 Å². The molecule has 2 N–H and O–H groups in total. The maximum atomic E-state index is 11.1. The van der Waals surface area contributed by atoms with Gasteiger partial charge < -0.3 is 15.2 Å². The lowest BCUT2D eigenvalue weighted by atomic mass is 10.0. The van der Waals surface area contributed by atoms with Crippen LogP contribution in [0, 0.1) is 0 Å². The summed E-state index contributed by atoms with van der Waals surface area (Å²) in [5.74, 6) is -0.422. The Labute approximate surface area is 219 Å². The lowest BCUT2D eigenvalue weighted by Crippen LogP contribution is -2.08. The fourth-order valence-electron chi connectivity index (χ4n) is 3.00. The molecule has 36 heavy (non-hydrogen) atoms. The number of anilines is 1. The molecule has 3 aromatic rings. The van der Waals surface area contributed by atoms with Gasteiger partial charge in [0.15, 0.2) is 0 Å². The van der Waals surface area contributed by atoms with Crippen LogP contribution in [-0.4, -0.2) is 17.0 Å². The summed E-state index contributed by atoms with van der Waals surface area (Å²) >= 11 is 5.77. The number of ether oxygens (including phenoxy) is 1. The molecule has 0 aromatic heterocycles. The van der Waals surface area contributed by atoms with E-state index in [0.717, 1.165) is 27.5 Å². The predicted molar refractivity (Wildman–Crippen MR) is 150 cm³/mol. The van der Waals surface area contributed by atoms with Crippen molar-refractivity contribution in [3.05, 3.63) is 113 Å². The van der Waals surface area contributed by atoms with E-state index in [-0.39, 0.29) is 11.5 Å². The Balaban J connectivity index is 0.000000344. The highest BCUT2D eigenvalue weighted by atomic mass is 35.5. The first-order valence-electron chi connectivity index (χ1n) is 11.7. The van der Waals surface area contributed by atoms with E-state index in [1.807, 2.05) is 101 Å². The fraction of sp³-hybridized carbons (Fsp3) is 0.200. The number of carbonyl (C=O) groups excluding carboxylic acids is 1.